The van der Waals surface area contributed by atoms with Gasteiger partial charge in [0.05, 0.1) is 38.0 Å². The number of urea groups is 1. The molecule has 40 heavy (non-hydrogen) atoms. The first kappa shape index (κ1) is 28.3. The highest BCUT2D eigenvalue weighted by molar-refractivity contribution is 6.22. The van der Waals surface area contributed by atoms with Crippen molar-refractivity contribution >= 4 is 35.2 Å². The molecule has 1 heterocycles. The number of amides is 4. The quantitative estimate of drug-likeness (QED) is 0.281. The number of nitrogens with zero attached hydrogens (tertiary/aromatic N) is 2. The highest BCUT2D eigenvalue weighted by Crippen LogP contribution is 2.29. The first-order valence-corrected chi connectivity index (χ1v) is 12.8. The first-order valence-electron chi connectivity index (χ1n) is 12.8. The fourth-order valence-corrected chi connectivity index (χ4v) is 4.42. The van der Waals surface area contributed by atoms with Crippen LogP contribution in [0.15, 0.2) is 72.8 Å². The number of hydrogen-bond donors (Lipinski definition) is 1. The van der Waals surface area contributed by atoms with E-state index < -0.39 is 23.9 Å². The Morgan fingerprint density at radius 2 is 1.65 bits per heavy atom. The number of rotatable bonds is 11. The van der Waals surface area contributed by atoms with Gasteiger partial charge in [-0.25, -0.2) is 14.5 Å². The Labute approximate surface area is 232 Å². The summed E-state index contributed by atoms with van der Waals surface area (Å²) in [6.07, 6.45) is -0.223. The van der Waals surface area contributed by atoms with Gasteiger partial charge in [0.1, 0.15) is 11.8 Å². The summed E-state index contributed by atoms with van der Waals surface area (Å²) in [7, 11) is 3.03. The maximum Gasteiger partial charge on any atom is 0.338 e. The van der Waals surface area contributed by atoms with Crippen molar-refractivity contribution in [3.63, 3.8) is 0 Å². The summed E-state index contributed by atoms with van der Waals surface area (Å²) < 4.78 is 15.3. The summed E-state index contributed by atoms with van der Waals surface area (Å²) in [4.78, 5) is 54.0. The molecule has 10 nitrogen and oxygen atoms in total. The zero-order valence-electron chi connectivity index (χ0n) is 22.6. The molecule has 10 heteroatoms. The Morgan fingerprint density at radius 3 is 2.30 bits per heavy atom. The van der Waals surface area contributed by atoms with Crippen LogP contribution >= 0.6 is 0 Å². The second kappa shape index (κ2) is 12.9. The highest BCUT2D eigenvalue weighted by atomic mass is 16.5. The molecule has 0 aromatic heterocycles. The van der Waals surface area contributed by atoms with E-state index in [0.29, 0.717) is 29.3 Å². The summed E-state index contributed by atoms with van der Waals surface area (Å²) in [5.74, 6) is -0.705. The van der Waals surface area contributed by atoms with Gasteiger partial charge in [0, 0.05) is 19.3 Å². The van der Waals surface area contributed by atoms with E-state index in [1.807, 2.05) is 6.07 Å². The van der Waals surface area contributed by atoms with Crippen LogP contribution in [0.3, 0.4) is 0 Å². The molecule has 208 valence electrons. The van der Waals surface area contributed by atoms with E-state index in [0.717, 1.165) is 16.0 Å². The van der Waals surface area contributed by atoms with Crippen LogP contribution in [0.5, 0.6) is 5.75 Å². The van der Waals surface area contributed by atoms with Crippen molar-refractivity contribution in [1.82, 2.24) is 4.90 Å². The number of imide groups is 1. The van der Waals surface area contributed by atoms with Gasteiger partial charge in [0.15, 0.2) is 0 Å². The van der Waals surface area contributed by atoms with Crippen LogP contribution < -0.4 is 15.0 Å². The van der Waals surface area contributed by atoms with Gasteiger partial charge in [-0.15, -0.1) is 0 Å². The molecule has 3 aromatic rings. The van der Waals surface area contributed by atoms with Crippen molar-refractivity contribution in [3.05, 3.63) is 78.4 Å². The molecule has 1 atom stereocenters. The van der Waals surface area contributed by atoms with Gasteiger partial charge in [-0.05, 0) is 66.6 Å². The third kappa shape index (κ3) is 6.29. The molecule has 1 aliphatic rings. The molecule has 1 fully saturated rings. The predicted molar refractivity (Wildman–Crippen MR) is 149 cm³/mol. The maximum atomic E-state index is 13.4. The third-order valence-corrected chi connectivity index (χ3v) is 6.44. The van der Waals surface area contributed by atoms with Gasteiger partial charge in [0.2, 0.25) is 5.91 Å². The number of hydrogen-bond acceptors (Lipinski definition) is 7. The number of methoxy groups -OCH3 is 2. The van der Waals surface area contributed by atoms with Crippen molar-refractivity contribution < 1.29 is 33.4 Å². The van der Waals surface area contributed by atoms with Crippen molar-refractivity contribution in [3.8, 4) is 16.9 Å². The van der Waals surface area contributed by atoms with Crippen LogP contribution in [0.1, 0.15) is 23.7 Å². The van der Waals surface area contributed by atoms with Crippen molar-refractivity contribution in [2.45, 2.75) is 19.4 Å². The van der Waals surface area contributed by atoms with E-state index in [1.54, 1.807) is 73.7 Å². The topological polar surface area (TPSA) is 114 Å². The second-order valence-electron chi connectivity index (χ2n) is 8.99. The third-order valence-electron chi connectivity index (χ3n) is 6.44. The van der Waals surface area contributed by atoms with Crippen LogP contribution in [-0.2, 0) is 19.1 Å². The van der Waals surface area contributed by atoms with E-state index in [1.165, 1.54) is 19.1 Å². The van der Waals surface area contributed by atoms with E-state index in [4.69, 9.17) is 14.2 Å². The maximum absolute atomic E-state index is 13.4. The van der Waals surface area contributed by atoms with Crippen molar-refractivity contribution in [2.24, 2.45) is 0 Å². The predicted octanol–water partition coefficient (Wildman–Crippen LogP) is 4.35. The lowest BCUT2D eigenvalue weighted by molar-refractivity contribution is -0.124. The van der Waals surface area contributed by atoms with Crippen LogP contribution in [0.25, 0.3) is 11.1 Å². The molecule has 0 bridgehead atoms. The van der Waals surface area contributed by atoms with Gasteiger partial charge in [-0.1, -0.05) is 24.3 Å². The van der Waals surface area contributed by atoms with E-state index >= 15 is 0 Å². The summed E-state index contributed by atoms with van der Waals surface area (Å²) >= 11 is 0. The molecule has 0 saturated carbocycles. The molecule has 4 amide bonds. The minimum Gasteiger partial charge on any atom is -0.497 e. The second-order valence-corrected chi connectivity index (χ2v) is 8.99. The minimum atomic E-state index is -0.983. The molecule has 1 saturated heterocycles. The fourth-order valence-electron chi connectivity index (χ4n) is 4.42. The van der Waals surface area contributed by atoms with Gasteiger partial charge in [-0.2, -0.15) is 0 Å². The van der Waals surface area contributed by atoms with E-state index in [9.17, 15) is 19.2 Å². The average molecular weight is 546 g/mol. The van der Waals surface area contributed by atoms with Gasteiger partial charge >= 0.3 is 12.0 Å². The smallest absolute Gasteiger partial charge is 0.338 e. The van der Waals surface area contributed by atoms with E-state index in [2.05, 4.69) is 5.32 Å². The molecule has 0 unspecified atom stereocenters. The van der Waals surface area contributed by atoms with Gasteiger partial charge in [0.25, 0.3) is 5.91 Å². The Balaban J connectivity index is 1.48. The zero-order valence-corrected chi connectivity index (χ0v) is 22.6. The molecular formula is C30H31N3O7. The number of ether oxygens (including phenoxy) is 3. The Morgan fingerprint density at radius 1 is 0.925 bits per heavy atom. The van der Waals surface area contributed by atoms with Crippen LogP contribution in [0.2, 0.25) is 0 Å². The lowest BCUT2D eigenvalue weighted by atomic mass is 10.0. The van der Waals surface area contributed by atoms with Crippen LogP contribution in [0.4, 0.5) is 16.2 Å². The first-order chi connectivity index (χ1) is 19.4. The molecule has 4 rings (SSSR count). The minimum absolute atomic E-state index is 0.156. The van der Waals surface area contributed by atoms with Gasteiger partial charge in [-0.3, -0.25) is 9.59 Å². The Kier molecular flexibility index (Phi) is 9.13. The average Bonchev–Trinajstić information content (AvgIpc) is 3.20. The van der Waals surface area contributed by atoms with Crippen molar-refractivity contribution in [1.29, 1.82) is 0 Å². The Hall–Kier alpha value is -4.70. The molecular weight excluding hydrogens is 514 g/mol. The van der Waals surface area contributed by atoms with Crippen LogP contribution in [0, 0.1) is 0 Å². The summed E-state index contributed by atoms with van der Waals surface area (Å²) in [5, 5.41) is 2.84. The fraction of sp³-hybridized carbons (Fsp3) is 0.267. The van der Waals surface area contributed by atoms with Gasteiger partial charge < -0.3 is 24.4 Å². The number of nitrogens with one attached hydrogen (secondary N) is 1. The molecule has 0 radical (unpaired) electrons. The summed E-state index contributed by atoms with van der Waals surface area (Å²) in [6, 6.07) is 19.3. The summed E-state index contributed by atoms with van der Waals surface area (Å²) in [6.45, 7) is 2.42. The molecule has 1 aliphatic heterocycles. The molecule has 0 spiro atoms. The monoisotopic (exact) mass is 545 g/mol. The van der Waals surface area contributed by atoms with Crippen molar-refractivity contribution in [2.75, 3.05) is 44.2 Å². The number of carbonyl (C=O) groups is 4. The van der Waals surface area contributed by atoms with Crippen LogP contribution in [-0.4, -0.2) is 68.7 Å². The number of carbonyl (C=O) groups excluding carboxylic acids is 4. The largest absolute Gasteiger partial charge is 0.497 e. The lowest BCUT2D eigenvalue weighted by Crippen LogP contribution is -2.39. The summed E-state index contributed by atoms with van der Waals surface area (Å²) in [5.41, 5.74) is 3.05. The molecule has 0 aliphatic carbocycles. The highest BCUT2D eigenvalue weighted by Gasteiger charge is 2.46. The zero-order chi connectivity index (χ0) is 28.6. The standard InChI is InChI=1S/C30H31N3O7/c1-4-40-29(36)21-10-8-20(9-11-21)22-6-5-7-23(18-22)31-27(34)19-26-28(35)33(30(37)32(26)16-17-38-2)24-12-14-25(39-3)15-13-24/h5-15,18,26H,4,16-17,19H2,1-3H3,(H,31,34)/t26-/m1/s1. The lowest BCUT2D eigenvalue weighted by Gasteiger charge is -2.21. The molecule has 1 N–H and O–H groups in total. The van der Waals surface area contributed by atoms with E-state index in [-0.39, 0.29) is 25.5 Å². The normalized spacial score (nSPS) is 14.8. The number of benzene rings is 3. The Bertz CT molecular complexity index is 1370. The number of esters is 1. The number of anilines is 2. The SMILES string of the molecule is CCOC(=O)c1ccc(-c2cccc(NC(=O)C[C@@H]3C(=O)N(c4ccc(OC)cc4)C(=O)N3CCOC)c2)cc1. The molecule has 3 aromatic carbocycles.